The lowest BCUT2D eigenvalue weighted by Gasteiger charge is -2.42. The van der Waals surface area contributed by atoms with Crippen molar-refractivity contribution in [1.29, 1.82) is 0 Å². The normalized spacial score (nSPS) is 19.5. The number of ether oxygens (including phenoxy) is 2. The largest absolute Gasteiger partial charge is 0.512 e. The first kappa shape index (κ1) is 20.5. The zero-order valence-corrected chi connectivity index (χ0v) is 17.8. The molecule has 1 amide bonds. The number of rotatable bonds is 5. The number of aliphatic hydroxyl groups is 1. The van der Waals surface area contributed by atoms with Crippen molar-refractivity contribution in [1.82, 2.24) is 9.80 Å². The Morgan fingerprint density at radius 1 is 1.14 bits per heavy atom. The van der Waals surface area contributed by atoms with Gasteiger partial charge in [-0.3, -0.25) is 9.69 Å². The van der Waals surface area contributed by atoms with Gasteiger partial charge in [0.1, 0.15) is 5.76 Å². The molecule has 1 aromatic carbocycles. The molecular weight excluding hydrogens is 356 g/mol. The fourth-order valence-corrected chi connectivity index (χ4v) is 4.52. The molecule has 0 fully saturated rings. The highest BCUT2D eigenvalue weighted by Crippen LogP contribution is 2.42. The molecule has 1 atom stereocenters. The lowest BCUT2D eigenvalue weighted by molar-refractivity contribution is -0.131. The Balaban J connectivity index is 1.94. The zero-order valence-electron chi connectivity index (χ0n) is 17.8. The van der Waals surface area contributed by atoms with E-state index in [1.807, 2.05) is 44.7 Å². The van der Waals surface area contributed by atoms with E-state index in [4.69, 9.17) is 9.47 Å². The van der Waals surface area contributed by atoms with Crippen LogP contribution in [0.2, 0.25) is 0 Å². The Labute approximate surface area is 167 Å². The molecule has 6 heteroatoms. The van der Waals surface area contributed by atoms with E-state index in [-0.39, 0.29) is 29.8 Å². The molecule has 0 radical (unpaired) electrons. The predicted octanol–water partition coefficient (Wildman–Crippen LogP) is 3.46. The third kappa shape index (κ3) is 3.58. The third-order valence-electron chi connectivity index (χ3n) is 5.82. The average molecular weight is 389 g/mol. The highest BCUT2D eigenvalue weighted by atomic mass is 16.5. The number of amides is 1. The lowest BCUT2D eigenvalue weighted by Crippen LogP contribution is -2.48. The molecule has 0 saturated carbocycles. The van der Waals surface area contributed by atoms with Crippen LogP contribution in [0, 0.1) is 0 Å². The number of hydrogen-bond donors (Lipinski definition) is 1. The van der Waals surface area contributed by atoms with E-state index in [2.05, 4.69) is 4.90 Å². The van der Waals surface area contributed by atoms with Crippen molar-refractivity contribution in [3.63, 3.8) is 0 Å². The Kier molecular flexibility index (Phi) is 5.89. The molecule has 6 nitrogen and oxygen atoms in total. The van der Waals surface area contributed by atoms with E-state index in [9.17, 15) is 9.90 Å². The van der Waals surface area contributed by atoms with E-state index in [0.717, 1.165) is 24.3 Å². The summed E-state index contributed by atoms with van der Waals surface area (Å²) < 4.78 is 10.9. The van der Waals surface area contributed by atoms with Gasteiger partial charge in [0.2, 0.25) is 0 Å². The second-order valence-corrected chi connectivity index (χ2v) is 8.17. The first-order chi connectivity index (χ1) is 13.3. The van der Waals surface area contributed by atoms with Crippen LogP contribution in [0.4, 0.5) is 0 Å². The first-order valence-corrected chi connectivity index (χ1v) is 10.0. The van der Waals surface area contributed by atoms with Gasteiger partial charge in [0, 0.05) is 37.6 Å². The smallest absolute Gasteiger partial charge is 0.254 e. The third-order valence-corrected chi connectivity index (χ3v) is 5.82. The molecule has 3 rings (SSSR count). The highest BCUT2D eigenvalue weighted by Gasteiger charge is 2.37. The van der Waals surface area contributed by atoms with Gasteiger partial charge in [-0.05, 0) is 57.4 Å². The molecule has 0 aromatic heterocycles. The summed E-state index contributed by atoms with van der Waals surface area (Å²) >= 11 is 0. The minimum Gasteiger partial charge on any atom is -0.512 e. The van der Waals surface area contributed by atoms with Crippen LogP contribution in [0.25, 0.3) is 0 Å². The van der Waals surface area contributed by atoms with Gasteiger partial charge in [-0.25, -0.2) is 0 Å². The van der Waals surface area contributed by atoms with Gasteiger partial charge >= 0.3 is 0 Å². The van der Waals surface area contributed by atoms with E-state index in [1.54, 1.807) is 14.2 Å². The summed E-state index contributed by atoms with van der Waals surface area (Å²) in [5.74, 6) is 1.57. The van der Waals surface area contributed by atoms with Gasteiger partial charge in [0.15, 0.2) is 11.5 Å². The van der Waals surface area contributed by atoms with Gasteiger partial charge < -0.3 is 19.5 Å². The van der Waals surface area contributed by atoms with Crippen LogP contribution in [-0.2, 0) is 11.2 Å². The summed E-state index contributed by atoms with van der Waals surface area (Å²) in [6.45, 7) is 9.37. The molecule has 2 aliphatic rings. The van der Waals surface area contributed by atoms with Crippen molar-refractivity contribution in [3.8, 4) is 11.5 Å². The maximum Gasteiger partial charge on any atom is 0.254 e. The van der Waals surface area contributed by atoms with Crippen molar-refractivity contribution in [3.05, 3.63) is 34.6 Å². The molecule has 2 aliphatic heterocycles. The maximum absolute atomic E-state index is 13.1. The number of methoxy groups -OCH3 is 2. The van der Waals surface area contributed by atoms with Crippen LogP contribution in [0.1, 0.15) is 51.3 Å². The number of carbonyl (C=O) groups is 1. The van der Waals surface area contributed by atoms with Crippen LogP contribution in [0.15, 0.2) is 23.5 Å². The van der Waals surface area contributed by atoms with Crippen molar-refractivity contribution >= 4 is 5.91 Å². The topological polar surface area (TPSA) is 62.2 Å². The maximum atomic E-state index is 13.1. The molecule has 1 aromatic rings. The number of benzene rings is 1. The molecule has 0 bridgehead atoms. The molecule has 1 unspecified atom stereocenters. The van der Waals surface area contributed by atoms with Crippen molar-refractivity contribution in [2.45, 2.75) is 58.7 Å². The van der Waals surface area contributed by atoms with Crippen molar-refractivity contribution < 1.29 is 19.4 Å². The Morgan fingerprint density at radius 2 is 1.75 bits per heavy atom. The molecule has 0 saturated heterocycles. The number of nitrogens with zero attached hydrogens (tertiary/aromatic N) is 2. The van der Waals surface area contributed by atoms with Crippen molar-refractivity contribution in [2.75, 3.05) is 27.3 Å². The fraction of sp³-hybridized carbons (Fsp3) is 0.591. The summed E-state index contributed by atoms with van der Waals surface area (Å²) in [5.41, 5.74) is 2.89. The van der Waals surface area contributed by atoms with Crippen LogP contribution < -0.4 is 9.47 Å². The van der Waals surface area contributed by atoms with Crippen LogP contribution >= 0.6 is 0 Å². The SMILES string of the molecule is COc1cc2c(cc1OC)C1CC(O)=C(C(=O)N(C(C)C)C(C)C)CN1CC2. The van der Waals surface area contributed by atoms with Gasteiger partial charge in [-0.15, -0.1) is 0 Å². The summed E-state index contributed by atoms with van der Waals surface area (Å²) in [6.07, 6.45) is 1.32. The summed E-state index contributed by atoms with van der Waals surface area (Å²) in [6, 6.07) is 4.27. The van der Waals surface area contributed by atoms with Crippen LogP contribution in [0.3, 0.4) is 0 Å². The van der Waals surface area contributed by atoms with Gasteiger partial charge in [0.25, 0.3) is 5.91 Å². The number of hydrogen-bond acceptors (Lipinski definition) is 5. The monoisotopic (exact) mass is 388 g/mol. The second kappa shape index (κ2) is 8.03. The van der Waals surface area contributed by atoms with E-state index in [1.165, 1.54) is 5.56 Å². The standard InChI is InChI=1S/C22H32N2O4/c1-13(2)24(14(3)4)22(26)17-12-23-8-7-15-9-20(27-5)21(28-6)10-16(15)18(23)11-19(17)25/h9-10,13-14,18,25H,7-8,11-12H2,1-6H3. The predicted molar refractivity (Wildman–Crippen MR) is 109 cm³/mol. The number of aliphatic hydroxyl groups excluding tert-OH is 1. The summed E-state index contributed by atoms with van der Waals surface area (Å²) in [7, 11) is 3.27. The number of carbonyl (C=O) groups excluding carboxylic acids is 1. The molecule has 28 heavy (non-hydrogen) atoms. The lowest BCUT2D eigenvalue weighted by atomic mass is 9.86. The van der Waals surface area contributed by atoms with Gasteiger partial charge in [-0.2, -0.15) is 0 Å². The second-order valence-electron chi connectivity index (χ2n) is 8.17. The Morgan fingerprint density at radius 3 is 2.32 bits per heavy atom. The zero-order chi connectivity index (χ0) is 20.6. The highest BCUT2D eigenvalue weighted by molar-refractivity contribution is 5.95. The Bertz CT molecular complexity index is 777. The van der Waals surface area contributed by atoms with Gasteiger partial charge in [-0.1, -0.05) is 0 Å². The van der Waals surface area contributed by atoms with Gasteiger partial charge in [0.05, 0.1) is 19.8 Å². The molecule has 0 spiro atoms. The number of fused-ring (bicyclic) bond motifs is 3. The van der Waals surface area contributed by atoms with Crippen molar-refractivity contribution in [2.24, 2.45) is 0 Å². The molecule has 0 aliphatic carbocycles. The summed E-state index contributed by atoms with van der Waals surface area (Å²) in [5, 5.41) is 10.8. The van der Waals surface area contributed by atoms with Crippen LogP contribution in [0.5, 0.6) is 11.5 Å². The molecular formula is C22H32N2O4. The fourth-order valence-electron chi connectivity index (χ4n) is 4.52. The van der Waals surface area contributed by atoms with E-state index < -0.39 is 0 Å². The quantitative estimate of drug-likeness (QED) is 0.837. The van der Waals surface area contributed by atoms with Crippen LogP contribution in [-0.4, -0.2) is 60.2 Å². The minimum atomic E-state index is -0.0564. The van der Waals surface area contributed by atoms with E-state index in [0.29, 0.717) is 24.3 Å². The molecule has 1 N–H and O–H groups in total. The molecule has 154 valence electrons. The van der Waals surface area contributed by atoms with E-state index >= 15 is 0 Å². The average Bonchev–Trinajstić information content (AvgIpc) is 2.65. The molecule has 2 heterocycles. The summed E-state index contributed by atoms with van der Waals surface area (Å²) in [4.78, 5) is 17.3. The first-order valence-electron chi connectivity index (χ1n) is 10.0. The minimum absolute atomic E-state index is 0.0478. The Hall–Kier alpha value is -2.21.